The lowest BCUT2D eigenvalue weighted by Gasteiger charge is -2.08. The molecule has 102 valence electrons. The summed E-state index contributed by atoms with van der Waals surface area (Å²) < 4.78 is 10.9. The number of rotatable bonds is 6. The van der Waals surface area contributed by atoms with E-state index in [1.54, 1.807) is 12.5 Å². The number of nitrogens with one attached hydrogen (secondary N) is 1. The molecule has 1 heterocycles. The Bertz CT molecular complexity index is 589. The van der Waals surface area contributed by atoms with Gasteiger partial charge in [-0.2, -0.15) is 0 Å². The smallest absolute Gasteiger partial charge is 0.0761 e. The Morgan fingerprint density at radius 1 is 1.37 bits per heavy atom. The molecule has 0 radical (unpaired) electrons. The molecule has 0 fully saturated rings. The number of fused-ring (bicyclic) bond motifs is 1. The Balaban J connectivity index is 2.01. The molecule has 5 heteroatoms. The molecular weight excluding hydrogens is 280 g/mol. The molecule has 2 aromatic rings. The lowest BCUT2D eigenvalue weighted by atomic mass is 10.1. The molecule has 2 rings (SSSR count). The van der Waals surface area contributed by atoms with Crippen LogP contribution in [0.1, 0.15) is 12.0 Å². The fourth-order valence-corrected chi connectivity index (χ4v) is 2.73. The monoisotopic (exact) mass is 296 g/mol. The number of aromatic nitrogens is 1. The number of nitrogens with zero attached hydrogens (tertiary/aromatic N) is 1. The number of hydrogen-bond acceptors (Lipinski definition) is 3. The van der Waals surface area contributed by atoms with Crippen molar-refractivity contribution in [1.29, 1.82) is 0 Å². The summed E-state index contributed by atoms with van der Waals surface area (Å²) in [5.74, 6) is 0.743. The molecule has 1 aromatic heterocycles. The maximum absolute atomic E-state index is 10.9. The van der Waals surface area contributed by atoms with E-state index >= 15 is 0 Å². The van der Waals surface area contributed by atoms with Gasteiger partial charge in [0.2, 0.25) is 0 Å². The van der Waals surface area contributed by atoms with Gasteiger partial charge >= 0.3 is 0 Å². The Hall–Kier alpha value is -0.970. The molecule has 0 aliphatic heterocycles. The van der Waals surface area contributed by atoms with Crippen molar-refractivity contribution in [1.82, 2.24) is 10.3 Å². The van der Waals surface area contributed by atoms with Crippen molar-refractivity contribution < 1.29 is 4.21 Å². The van der Waals surface area contributed by atoms with Gasteiger partial charge in [0, 0.05) is 46.0 Å². The highest BCUT2D eigenvalue weighted by atomic mass is 35.5. The normalized spacial score (nSPS) is 12.7. The summed E-state index contributed by atoms with van der Waals surface area (Å²) >= 11 is 6.15. The summed E-state index contributed by atoms with van der Waals surface area (Å²) in [6, 6.07) is 7.78. The fraction of sp³-hybridized carbons (Fsp3) is 0.357. The van der Waals surface area contributed by atoms with E-state index in [4.69, 9.17) is 11.6 Å². The van der Waals surface area contributed by atoms with E-state index in [1.165, 1.54) is 0 Å². The van der Waals surface area contributed by atoms with Crippen molar-refractivity contribution in [3.05, 3.63) is 41.0 Å². The van der Waals surface area contributed by atoms with Crippen molar-refractivity contribution in [2.75, 3.05) is 18.6 Å². The maximum atomic E-state index is 10.9. The standard InChI is InChI=1S/C14H17ClN2OS/c1-19(18)9-3-7-16-10-11-5-6-13(15)12-4-2-8-17-14(11)12/h2,4-6,8,16H,3,7,9-10H2,1H3. The first-order valence-corrected chi connectivity index (χ1v) is 8.32. The van der Waals surface area contributed by atoms with Crippen LogP contribution in [0.15, 0.2) is 30.5 Å². The van der Waals surface area contributed by atoms with E-state index in [2.05, 4.69) is 10.3 Å². The van der Waals surface area contributed by atoms with E-state index in [1.807, 2.05) is 24.3 Å². The summed E-state index contributed by atoms with van der Waals surface area (Å²) in [7, 11) is -0.709. The number of halogens is 1. The van der Waals surface area contributed by atoms with E-state index < -0.39 is 10.8 Å². The Labute approximate surface area is 120 Å². The summed E-state index contributed by atoms with van der Waals surface area (Å²) in [6.07, 6.45) is 4.43. The zero-order chi connectivity index (χ0) is 13.7. The van der Waals surface area contributed by atoms with Crippen LogP contribution in [-0.2, 0) is 17.3 Å². The molecule has 0 aliphatic rings. The molecule has 0 saturated carbocycles. The molecule has 1 atom stereocenters. The van der Waals surface area contributed by atoms with Crippen molar-refractivity contribution in [2.45, 2.75) is 13.0 Å². The third-order valence-electron chi connectivity index (χ3n) is 2.90. The summed E-state index contributed by atoms with van der Waals surface area (Å²) in [6.45, 7) is 1.61. The van der Waals surface area contributed by atoms with Gasteiger partial charge in [0.25, 0.3) is 0 Å². The zero-order valence-corrected chi connectivity index (χ0v) is 12.4. The van der Waals surface area contributed by atoms with Crippen LogP contribution in [0.4, 0.5) is 0 Å². The second-order valence-electron chi connectivity index (χ2n) is 4.41. The minimum Gasteiger partial charge on any atom is -0.313 e. The predicted octanol–water partition coefficient (Wildman–Crippen LogP) is 2.75. The minimum atomic E-state index is -0.709. The van der Waals surface area contributed by atoms with Gasteiger partial charge in [-0.15, -0.1) is 0 Å². The van der Waals surface area contributed by atoms with Crippen molar-refractivity contribution in [3.8, 4) is 0 Å². The molecule has 0 spiro atoms. The Morgan fingerprint density at radius 2 is 2.21 bits per heavy atom. The highest BCUT2D eigenvalue weighted by Crippen LogP contribution is 2.24. The quantitative estimate of drug-likeness (QED) is 0.834. The van der Waals surface area contributed by atoms with Gasteiger partial charge in [-0.25, -0.2) is 0 Å². The van der Waals surface area contributed by atoms with Crippen LogP contribution in [0.3, 0.4) is 0 Å². The predicted molar refractivity (Wildman–Crippen MR) is 82.0 cm³/mol. The lowest BCUT2D eigenvalue weighted by molar-refractivity contribution is 0.663. The van der Waals surface area contributed by atoms with Crippen LogP contribution < -0.4 is 5.32 Å². The Kier molecular flexibility index (Phi) is 5.31. The highest BCUT2D eigenvalue weighted by Gasteiger charge is 2.05. The molecule has 3 nitrogen and oxygen atoms in total. The van der Waals surface area contributed by atoms with Gasteiger partial charge < -0.3 is 5.32 Å². The fourth-order valence-electron chi connectivity index (χ4n) is 1.96. The molecule has 0 amide bonds. The largest absolute Gasteiger partial charge is 0.313 e. The maximum Gasteiger partial charge on any atom is 0.0761 e. The van der Waals surface area contributed by atoms with Crippen LogP contribution in [0.5, 0.6) is 0 Å². The topological polar surface area (TPSA) is 42.0 Å². The van der Waals surface area contributed by atoms with Crippen LogP contribution >= 0.6 is 11.6 Å². The molecule has 1 N–H and O–H groups in total. The first-order valence-electron chi connectivity index (χ1n) is 6.21. The van der Waals surface area contributed by atoms with Crippen molar-refractivity contribution in [3.63, 3.8) is 0 Å². The molecule has 1 aromatic carbocycles. The van der Waals surface area contributed by atoms with Gasteiger partial charge in [0.15, 0.2) is 0 Å². The number of pyridine rings is 1. The van der Waals surface area contributed by atoms with Gasteiger partial charge in [0.05, 0.1) is 5.52 Å². The molecule has 0 bridgehead atoms. The van der Waals surface area contributed by atoms with E-state index in [0.29, 0.717) is 0 Å². The highest BCUT2D eigenvalue weighted by molar-refractivity contribution is 7.84. The summed E-state index contributed by atoms with van der Waals surface area (Å²) in [5.41, 5.74) is 2.08. The minimum absolute atomic E-state index is 0.709. The molecule has 1 unspecified atom stereocenters. The number of benzene rings is 1. The van der Waals surface area contributed by atoms with Gasteiger partial charge in [-0.05, 0) is 36.7 Å². The van der Waals surface area contributed by atoms with E-state index in [-0.39, 0.29) is 0 Å². The SMILES string of the molecule is CS(=O)CCCNCc1ccc(Cl)c2cccnc12. The van der Waals surface area contributed by atoms with Crippen molar-refractivity contribution in [2.24, 2.45) is 0 Å². The molecule has 0 aliphatic carbocycles. The van der Waals surface area contributed by atoms with Gasteiger partial charge in [-0.1, -0.05) is 17.7 Å². The molecular formula is C14H17ClN2OS. The van der Waals surface area contributed by atoms with Gasteiger partial charge in [-0.3, -0.25) is 9.19 Å². The molecule has 19 heavy (non-hydrogen) atoms. The van der Waals surface area contributed by atoms with Crippen LogP contribution in [0, 0.1) is 0 Å². The zero-order valence-electron chi connectivity index (χ0n) is 10.9. The van der Waals surface area contributed by atoms with Crippen LogP contribution in [0.2, 0.25) is 5.02 Å². The Morgan fingerprint density at radius 3 is 3.00 bits per heavy atom. The average Bonchev–Trinajstić information content (AvgIpc) is 2.41. The first-order chi connectivity index (χ1) is 9.18. The van der Waals surface area contributed by atoms with Crippen molar-refractivity contribution >= 4 is 33.3 Å². The lowest BCUT2D eigenvalue weighted by Crippen LogP contribution is -2.17. The number of hydrogen-bond donors (Lipinski definition) is 1. The second kappa shape index (κ2) is 6.98. The van der Waals surface area contributed by atoms with Crippen LogP contribution in [0.25, 0.3) is 10.9 Å². The average molecular weight is 297 g/mol. The summed E-state index contributed by atoms with van der Waals surface area (Å²) in [5, 5.41) is 5.07. The third-order valence-corrected chi connectivity index (χ3v) is 4.09. The first kappa shape index (κ1) is 14.4. The van der Waals surface area contributed by atoms with Gasteiger partial charge in [0.1, 0.15) is 0 Å². The van der Waals surface area contributed by atoms with E-state index in [9.17, 15) is 4.21 Å². The van der Waals surface area contributed by atoms with E-state index in [0.717, 1.165) is 46.8 Å². The summed E-state index contributed by atoms with van der Waals surface area (Å²) in [4.78, 5) is 4.40. The second-order valence-corrected chi connectivity index (χ2v) is 6.38. The molecule has 0 saturated heterocycles. The third kappa shape index (κ3) is 4.00. The van der Waals surface area contributed by atoms with Crippen LogP contribution in [-0.4, -0.2) is 27.7 Å².